The third-order valence-corrected chi connectivity index (χ3v) is 4.13. The minimum absolute atomic E-state index is 0.172. The molecule has 1 aromatic heterocycles. The molecule has 0 spiro atoms. The number of hydrogen-bond acceptors (Lipinski definition) is 4. The van der Waals surface area contributed by atoms with Crippen LogP contribution in [0.3, 0.4) is 0 Å². The lowest BCUT2D eigenvalue weighted by Gasteiger charge is -2.22. The lowest BCUT2D eigenvalue weighted by atomic mass is 10.0. The van der Waals surface area contributed by atoms with Crippen molar-refractivity contribution in [1.82, 2.24) is 16.2 Å². The summed E-state index contributed by atoms with van der Waals surface area (Å²) in [5.41, 5.74) is 6.58. The Morgan fingerprint density at radius 3 is 2.07 bits per heavy atom. The van der Waals surface area contributed by atoms with Crippen LogP contribution in [0.15, 0.2) is 34.7 Å². The van der Waals surface area contributed by atoms with Gasteiger partial charge in [0.2, 0.25) is 0 Å². The molecule has 3 N–H and O–H groups in total. The van der Waals surface area contributed by atoms with E-state index in [-0.39, 0.29) is 11.8 Å². The Labute approximate surface area is 158 Å². The fraction of sp³-hybridized carbons (Fsp3) is 0.350. The van der Waals surface area contributed by atoms with E-state index in [2.05, 4.69) is 16.2 Å². The molecular formula is C20H25N3O4. The van der Waals surface area contributed by atoms with Gasteiger partial charge in [-0.25, -0.2) is 0 Å². The number of hydrazine groups is 1. The molecule has 3 amide bonds. The number of hydrogen-bond donors (Lipinski definition) is 3. The molecule has 0 fully saturated rings. The van der Waals surface area contributed by atoms with Crippen LogP contribution in [0.4, 0.5) is 0 Å². The van der Waals surface area contributed by atoms with E-state index < -0.39 is 17.9 Å². The van der Waals surface area contributed by atoms with Crippen molar-refractivity contribution in [2.75, 3.05) is 0 Å². The molecule has 0 aliphatic carbocycles. The summed E-state index contributed by atoms with van der Waals surface area (Å²) in [4.78, 5) is 37.0. The Morgan fingerprint density at radius 1 is 0.926 bits per heavy atom. The summed E-state index contributed by atoms with van der Waals surface area (Å²) < 4.78 is 5.31. The second kappa shape index (κ2) is 8.53. The van der Waals surface area contributed by atoms with Crippen LogP contribution in [0.1, 0.15) is 51.6 Å². The first-order valence-corrected chi connectivity index (χ1v) is 8.73. The number of benzene rings is 1. The first-order valence-electron chi connectivity index (χ1n) is 8.73. The van der Waals surface area contributed by atoms with Gasteiger partial charge in [-0.15, -0.1) is 0 Å². The molecule has 1 aromatic carbocycles. The maximum Gasteiger partial charge on any atom is 0.273 e. The number of carbonyl (C=O) groups excluding carboxylic acids is 3. The van der Waals surface area contributed by atoms with E-state index in [1.165, 1.54) is 0 Å². The molecule has 1 unspecified atom stereocenters. The zero-order chi connectivity index (χ0) is 20.1. The quantitative estimate of drug-likeness (QED) is 0.703. The van der Waals surface area contributed by atoms with Gasteiger partial charge in [0, 0.05) is 5.56 Å². The van der Waals surface area contributed by atoms with Gasteiger partial charge in [-0.05, 0) is 44.9 Å². The number of nitrogens with one attached hydrogen (secondary N) is 3. The summed E-state index contributed by atoms with van der Waals surface area (Å²) in [7, 11) is 0. The van der Waals surface area contributed by atoms with Crippen LogP contribution in [-0.4, -0.2) is 23.8 Å². The summed E-state index contributed by atoms with van der Waals surface area (Å²) in [5, 5.41) is 2.71. The van der Waals surface area contributed by atoms with Crippen LogP contribution in [-0.2, 0) is 4.79 Å². The van der Waals surface area contributed by atoms with Crippen LogP contribution in [0.2, 0.25) is 0 Å². The maximum atomic E-state index is 12.5. The molecule has 144 valence electrons. The minimum Gasteiger partial charge on any atom is -0.466 e. The number of furan rings is 1. The number of rotatable bonds is 5. The molecule has 0 aliphatic heterocycles. The van der Waals surface area contributed by atoms with Crippen molar-refractivity contribution in [2.24, 2.45) is 5.92 Å². The Kier molecular flexibility index (Phi) is 6.39. The number of amides is 3. The normalized spacial score (nSPS) is 11.8. The van der Waals surface area contributed by atoms with Crippen molar-refractivity contribution in [3.63, 3.8) is 0 Å². The van der Waals surface area contributed by atoms with E-state index in [0.717, 1.165) is 5.56 Å². The first kappa shape index (κ1) is 20.2. The third-order valence-electron chi connectivity index (χ3n) is 4.13. The van der Waals surface area contributed by atoms with E-state index in [9.17, 15) is 14.4 Å². The van der Waals surface area contributed by atoms with E-state index in [1.807, 2.05) is 32.9 Å². The molecule has 27 heavy (non-hydrogen) atoms. The molecule has 2 rings (SSSR count). The highest BCUT2D eigenvalue weighted by molar-refractivity contribution is 5.99. The Balaban J connectivity index is 2.00. The van der Waals surface area contributed by atoms with Crippen LogP contribution >= 0.6 is 0 Å². The van der Waals surface area contributed by atoms with Gasteiger partial charge in [0.25, 0.3) is 17.7 Å². The second-order valence-corrected chi connectivity index (χ2v) is 6.83. The van der Waals surface area contributed by atoms with Crippen molar-refractivity contribution < 1.29 is 18.8 Å². The van der Waals surface area contributed by atoms with Crippen molar-refractivity contribution in [3.05, 3.63) is 58.5 Å². The van der Waals surface area contributed by atoms with Crippen LogP contribution in [0.5, 0.6) is 0 Å². The molecule has 2 aromatic rings. The molecule has 0 saturated carbocycles. The summed E-state index contributed by atoms with van der Waals surface area (Å²) in [5.74, 6) is -0.436. The maximum absolute atomic E-state index is 12.5. The Bertz CT molecular complexity index is 837. The average molecular weight is 371 g/mol. The summed E-state index contributed by atoms with van der Waals surface area (Å²) >= 11 is 0. The highest BCUT2D eigenvalue weighted by Crippen LogP contribution is 2.13. The van der Waals surface area contributed by atoms with Gasteiger partial charge in [0.15, 0.2) is 0 Å². The predicted molar refractivity (Wildman–Crippen MR) is 101 cm³/mol. The van der Waals surface area contributed by atoms with Gasteiger partial charge in [0.05, 0.1) is 5.56 Å². The molecule has 0 saturated heterocycles. The van der Waals surface area contributed by atoms with E-state index in [4.69, 9.17) is 4.42 Å². The summed E-state index contributed by atoms with van der Waals surface area (Å²) in [6, 6.07) is 7.85. The van der Waals surface area contributed by atoms with Gasteiger partial charge >= 0.3 is 0 Å². The van der Waals surface area contributed by atoms with Gasteiger partial charge in [0.1, 0.15) is 17.6 Å². The fourth-order valence-electron chi connectivity index (χ4n) is 2.58. The Hall–Kier alpha value is -3.09. The van der Waals surface area contributed by atoms with Gasteiger partial charge in [-0.2, -0.15) is 0 Å². The van der Waals surface area contributed by atoms with E-state index in [0.29, 0.717) is 22.6 Å². The van der Waals surface area contributed by atoms with Gasteiger partial charge in [-0.1, -0.05) is 31.5 Å². The van der Waals surface area contributed by atoms with Crippen molar-refractivity contribution >= 4 is 17.7 Å². The van der Waals surface area contributed by atoms with Crippen molar-refractivity contribution in [1.29, 1.82) is 0 Å². The largest absolute Gasteiger partial charge is 0.466 e. The topological polar surface area (TPSA) is 100 Å². The van der Waals surface area contributed by atoms with Gasteiger partial charge in [-0.3, -0.25) is 25.2 Å². The monoisotopic (exact) mass is 371 g/mol. The van der Waals surface area contributed by atoms with E-state index in [1.54, 1.807) is 32.0 Å². The molecule has 0 aliphatic rings. The fourth-order valence-corrected chi connectivity index (χ4v) is 2.58. The lowest BCUT2D eigenvalue weighted by molar-refractivity contribution is -0.124. The standard InChI is InChI=1S/C20H25N3O4/c1-11(2)17(21-18(24)15-8-6-12(3)7-9-15)20(26)23-22-19(25)16-10-13(4)27-14(16)5/h6-11,17H,1-5H3,(H,21,24)(H,22,25)(H,23,26). The third kappa shape index (κ3) is 5.20. The van der Waals surface area contributed by atoms with Crippen molar-refractivity contribution in [2.45, 2.75) is 40.7 Å². The average Bonchev–Trinajstić information content (AvgIpc) is 2.95. The SMILES string of the molecule is Cc1ccc(C(=O)NC(C(=O)NNC(=O)c2cc(C)oc2C)C(C)C)cc1. The lowest BCUT2D eigenvalue weighted by Crippen LogP contribution is -2.54. The smallest absolute Gasteiger partial charge is 0.273 e. The zero-order valence-corrected chi connectivity index (χ0v) is 16.2. The molecule has 7 nitrogen and oxygen atoms in total. The summed E-state index contributed by atoms with van der Waals surface area (Å²) in [6.07, 6.45) is 0. The van der Waals surface area contributed by atoms with Crippen LogP contribution < -0.4 is 16.2 Å². The summed E-state index contributed by atoms with van der Waals surface area (Å²) in [6.45, 7) is 8.95. The number of carbonyl (C=O) groups is 3. The van der Waals surface area contributed by atoms with Gasteiger partial charge < -0.3 is 9.73 Å². The highest BCUT2D eigenvalue weighted by atomic mass is 16.3. The zero-order valence-electron chi connectivity index (χ0n) is 16.2. The Morgan fingerprint density at radius 2 is 1.56 bits per heavy atom. The highest BCUT2D eigenvalue weighted by Gasteiger charge is 2.25. The van der Waals surface area contributed by atoms with Crippen LogP contribution in [0.25, 0.3) is 0 Å². The first-order chi connectivity index (χ1) is 12.7. The molecule has 7 heteroatoms. The van der Waals surface area contributed by atoms with Crippen LogP contribution in [0, 0.1) is 26.7 Å². The second-order valence-electron chi connectivity index (χ2n) is 6.83. The molecule has 0 radical (unpaired) electrons. The molecule has 0 bridgehead atoms. The predicted octanol–water partition coefficient (Wildman–Crippen LogP) is 2.42. The minimum atomic E-state index is -0.800. The molecule has 1 atom stereocenters. The molecular weight excluding hydrogens is 346 g/mol. The number of aryl methyl sites for hydroxylation is 3. The van der Waals surface area contributed by atoms with E-state index >= 15 is 0 Å². The molecule has 1 heterocycles. The van der Waals surface area contributed by atoms with Crippen molar-refractivity contribution in [3.8, 4) is 0 Å².